The predicted molar refractivity (Wildman–Crippen MR) is 109 cm³/mol. The molecule has 0 saturated heterocycles. The zero-order chi connectivity index (χ0) is 19.3. The zero-order valence-electron chi connectivity index (χ0n) is 16.0. The third-order valence-corrected chi connectivity index (χ3v) is 4.25. The molecule has 3 rings (SSSR count). The van der Waals surface area contributed by atoms with Gasteiger partial charge in [-0.25, -0.2) is 4.79 Å². The second-order valence-electron chi connectivity index (χ2n) is 7.39. The van der Waals surface area contributed by atoms with Crippen molar-refractivity contribution in [3.8, 4) is 5.75 Å². The molecule has 1 heterocycles. The van der Waals surface area contributed by atoms with Gasteiger partial charge in [0, 0.05) is 17.3 Å². The van der Waals surface area contributed by atoms with Crippen LogP contribution in [0.15, 0.2) is 60.8 Å². The van der Waals surface area contributed by atoms with Crippen molar-refractivity contribution in [2.75, 3.05) is 18.5 Å². The van der Waals surface area contributed by atoms with Gasteiger partial charge in [0.25, 0.3) is 0 Å². The van der Waals surface area contributed by atoms with Gasteiger partial charge in [0.05, 0.1) is 6.54 Å². The standard InChI is InChI=1S/C22H25N3O2/c1-22(2,3)17-9-11-18(12-10-17)25-21(26)24-14-15-27-19-8-4-6-16-7-5-13-23-20(16)19/h4-13H,14-15H2,1-3H3,(H2,24,25,26). The molecule has 2 aromatic carbocycles. The normalized spacial score (nSPS) is 11.2. The van der Waals surface area contributed by atoms with Gasteiger partial charge >= 0.3 is 6.03 Å². The first-order valence-corrected chi connectivity index (χ1v) is 9.05. The summed E-state index contributed by atoms with van der Waals surface area (Å²) in [7, 11) is 0. The molecule has 0 aliphatic carbocycles. The molecule has 0 unspecified atom stereocenters. The number of amides is 2. The lowest BCUT2D eigenvalue weighted by atomic mass is 9.87. The number of hydrogen-bond donors (Lipinski definition) is 2. The number of aromatic nitrogens is 1. The quantitative estimate of drug-likeness (QED) is 0.644. The number of benzene rings is 2. The molecular weight excluding hydrogens is 338 g/mol. The molecule has 0 atom stereocenters. The van der Waals surface area contributed by atoms with Crippen LogP contribution in [0.4, 0.5) is 10.5 Å². The summed E-state index contributed by atoms with van der Waals surface area (Å²) in [6.07, 6.45) is 1.74. The number of carbonyl (C=O) groups excluding carboxylic acids is 1. The molecule has 2 amide bonds. The minimum atomic E-state index is -0.252. The van der Waals surface area contributed by atoms with Crippen LogP contribution in [0.1, 0.15) is 26.3 Å². The molecule has 3 aromatic rings. The van der Waals surface area contributed by atoms with E-state index in [1.54, 1.807) is 6.20 Å². The summed E-state index contributed by atoms with van der Waals surface area (Å²) in [6, 6.07) is 17.3. The number of hydrogen-bond acceptors (Lipinski definition) is 3. The Bertz CT molecular complexity index is 909. The van der Waals surface area contributed by atoms with Gasteiger partial charge in [0.2, 0.25) is 0 Å². The average molecular weight is 363 g/mol. The Morgan fingerprint density at radius 2 is 1.78 bits per heavy atom. The zero-order valence-corrected chi connectivity index (χ0v) is 16.0. The number of nitrogens with one attached hydrogen (secondary N) is 2. The molecule has 0 spiro atoms. The molecule has 27 heavy (non-hydrogen) atoms. The fourth-order valence-corrected chi connectivity index (χ4v) is 2.75. The molecule has 0 saturated carbocycles. The fraction of sp³-hybridized carbons (Fsp3) is 0.273. The summed E-state index contributed by atoms with van der Waals surface area (Å²) in [5.74, 6) is 0.716. The van der Waals surface area contributed by atoms with Gasteiger partial charge in [0.1, 0.15) is 17.9 Å². The number of para-hydroxylation sites is 1. The summed E-state index contributed by atoms with van der Waals surface area (Å²) < 4.78 is 5.77. The van der Waals surface area contributed by atoms with Gasteiger partial charge in [-0.05, 0) is 35.2 Å². The van der Waals surface area contributed by atoms with E-state index in [9.17, 15) is 4.79 Å². The van der Waals surface area contributed by atoms with Crippen molar-refractivity contribution in [3.05, 3.63) is 66.4 Å². The molecule has 0 bridgehead atoms. The van der Waals surface area contributed by atoms with E-state index in [2.05, 4.69) is 36.4 Å². The Kier molecular flexibility index (Phi) is 5.60. The summed E-state index contributed by atoms with van der Waals surface area (Å²) in [6.45, 7) is 7.25. The maximum Gasteiger partial charge on any atom is 0.319 e. The fourth-order valence-electron chi connectivity index (χ4n) is 2.75. The van der Waals surface area contributed by atoms with E-state index < -0.39 is 0 Å². The molecule has 140 valence electrons. The van der Waals surface area contributed by atoms with Crippen molar-refractivity contribution in [2.24, 2.45) is 0 Å². The lowest BCUT2D eigenvalue weighted by Gasteiger charge is -2.19. The van der Waals surface area contributed by atoms with E-state index in [0.717, 1.165) is 16.6 Å². The predicted octanol–water partition coefficient (Wildman–Crippen LogP) is 4.73. The Morgan fingerprint density at radius 1 is 1.04 bits per heavy atom. The van der Waals surface area contributed by atoms with Crippen LogP contribution >= 0.6 is 0 Å². The van der Waals surface area contributed by atoms with Crippen molar-refractivity contribution in [3.63, 3.8) is 0 Å². The summed E-state index contributed by atoms with van der Waals surface area (Å²) in [4.78, 5) is 16.4. The topological polar surface area (TPSA) is 63.2 Å². The monoisotopic (exact) mass is 363 g/mol. The molecule has 0 radical (unpaired) electrons. The highest BCUT2D eigenvalue weighted by Crippen LogP contribution is 2.24. The lowest BCUT2D eigenvalue weighted by Crippen LogP contribution is -2.32. The SMILES string of the molecule is CC(C)(C)c1ccc(NC(=O)NCCOc2cccc3cccnc23)cc1. The Labute approximate surface area is 159 Å². The third kappa shape index (κ3) is 4.97. The molecule has 0 fully saturated rings. The molecule has 2 N–H and O–H groups in total. The summed E-state index contributed by atoms with van der Waals surface area (Å²) >= 11 is 0. The number of rotatable bonds is 5. The van der Waals surface area contributed by atoms with E-state index >= 15 is 0 Å². The van der Waals surface area contributed by atoms with Gasteiger partial charge in [-0.1, -0.05) is 51.1 Å². The van der Waals surface area contributed by atoms with Crippen molar-refractivity contribution >= 4 is 22.6 Å². The van der Waals surface area contributed by atoms with Crippen LogP contribution in [0.2, 0.25) is 0 Å². The van der Waals surface area contributed by atoms with E-state index in [4.69, 9.17) is 4.74 Å². The molecule has 0 aliphatic rings. The molecule has 5 nitrogen and oxygen atoms in total. The first-order valence-electron chi connectivity index (χ1n) is 9.05. The second-order valence-corrected chi connectivity index (χ2v) is 7.39. The lowest BCUT2D eigenvalue weighted by molar-refractivity contribution is 0.247. The van der Waals surface area contributed by atoms with Crippen LogP contribution < -0.4 is 15.4 Å². The maximum absolute atomic E-state index is 12.0. The Hall–Kier alpha value is -3.08. The van der Waals surface area contributed by atoms with Gasteiger partial charge in [-0.2, -0.15) is 0 Å². The van der Waals surface area contributed by atoms with Crippen LogP contribution in [-0.2, 0) is 5.41 Å². The van der Waals surface area contributed by atoms with Crippen LogP contribution in [0.3, 0.4) is 0 Å². The maximum atomic E-state index is 12.0. The molecule has 0 aliphatic heterocycles. The highest BCUT2D eigenvalue weighted by atomic mass is 16.5. The smallest absolute Gasteiger partial charge is 0.319 e. The minimum Gasteiger partial charge on any atom is -0.489 e. The Morgan fingerprint density at radius 3 is 2.52 bits per heavy atom. The number of fused-ring (bicyclic) bond motifs is 1. The second kappa shape index (κ2) is 8.08. The van der Waals surface area contributed by atoms with E-state index in [1.807, 2.05) is 54.6 Å². The highest BCUT2D eigenvalue weighted by molar-refractivity contribution is 5.89. The summed E-state index contributed by atoms with van der Waals surface area (Å²) in [5, 5.41) is 6.66. The minimum absolute atomic E-state index is 0.0919. The van der Waals surface area contributed by atoms with Crippen molar-refractivity contribution in [1.29, 1.82) is 0 Å². The first kappa shape index (κ1) is 18.7. The number of urea groups is 1. The number of nitrogens with zero attached hydrogens (tertiary/aromatic N) is 1. The Balaban J connectivity index is 1.47. The van der Waals surface area contributed by atoms with Crippen LogP contribution in [0, 0.1) is 0 Å². The summed E-state index contributed by atoms with van der Waals surface area (Å²) in [5.41, 5.74) is 2.91. The van der Waals surface area contributed by atoms with Gasteiger partial charge in [0.15, 0.2) is 0 Å². The van der Waals surface area contributed by atoms with E-state index in [0.29, 0.717) is 18.9 Å². The number of ether oxygens (including phenoxy) is 1. The highest BCUT2D eigenvalue weighted by Gasteiger charge is 2.13. The van der Waals surface area contributed by atoms with Crippen LogP contribution in [0.25, 0.3) is 10.9 Å². The van der Waals surface area contributed by atoms with Crippen LogP contribution in [0.5, 0.6) is 5.75 Å². The van der Waals surface area contributed by atoms with Crippen LogP contribution in [-0.4, -0.2) is 24.2 Å². The number of carbonyl (C=O) groups is 1. The molecule has 5 heteroatoms. The first-order chi connectivity index (χ1) is 12.9. The molecular formula is C22H25N3O2. The number of pyridine rings is 1. The van der Waals surface area contributed by atoms with E-state index in [1.165, 1.54) is 5.56 Å². The van der Waals surface area contributed by atoms with Crippen molar-refractivity contribution < 1.29 is 9.53 Å². The number of anilines is 1. The van der Waals surface area contributed by atoms with Crippen molar-refractivity contribution in [2.45, 2.75) is 26.2 Å². The van der Waals surface area contributed by atoms with Gasteiger partial charge in [-0.15, -0.1) is 0 Å². The van der Waals surface area contributed by atoms with Gasteiger partial charge in [-0.3, -0.25) is 4.98 Å². The van der Waals surface area contributed by atoms with Gasteiger partial charge < -0.3 is 15.4 Å². The molecule has 1 aromatic heterocycles. The third-order valence-electron chi connectivity index (χ3n) is 4.25. The van der Waals surface area contributed by atoms with Crippen molar-refractivity contribution in [1.82, 2.24) is 10.3 Å². The average Bonchev–Trinajstić information content (AvgIpc) is 2.65. The van der Waals surface area contributed by atoms with E-state index in [-0.39, 0.29) is 11.4 Å². The largest absolute Gasteiger partial charge is 0.489 e.